The third-order valence-electron chi connectivity index (χ3n) is 2.47. The van der Waals surface area contributed by atoms with Crippen LogP contribution in [0.1, 0.15) is 16.8 Å². The zero-order valence-electron chi connectivity index (χ0n) is 9.92. The van der Waals surface area contributed by atoms with Crippen molar-refractivity contribution >= 4 is 17.4 Å². The molecule has 8 heteroatoms. The maximum absolute atomic E-state index is 13.1. The zero-order valence-corrected chi connectivity index (χ0v) is 9.92. The Morgan fingerprint density at radius 3 is 2.63 bits per heavy atom. The number of halogens is 1. The molecule has 1 aromatic rings. The second-order valence-electron chi connectivity index (χ2n) is 3.73. The van der Waals surface area contributed by atoms with Crippen molar-refractivity contribution in [3.63, 3.8) is 0 Å². The molecular formula is C11H11FN2O5. The van der Waals surface area contributed by atoms with E-state index in [0.717, 1.165) is 18.2 Å². The Balaban J connectivity index is 3.08. The van der Waals surface area contributed by atoms with Crippen LogP contribution in [0.25, 0.3) is 0 Å². The fourth-order valence-electron chi connectivity index (χ4n) is 1.51. The van der Waals surface area contributed by atoms with E-state index in [1.807, 2.05) is 0 Å². The van der Waals surface area contributed by atoms with Crippen LogP contribution in [0.3, 0.4) is 0 Å². The molecule has 102 valence electrons. The molecule has 0 aliphatic heterocycles. The highest BCUT2D eigenvalue weighted by molar-refractivity contribution is 6.02. The summed E-state index contributed by atoms with van der Waals surface area (Å²) in [5.74, 6) is -2.89. The molecule has 7 nitrogen and oxygen atoms in total. The zero-order chi connectivity index (χ0) is 14.6. The Morgan fingerprint density at radius 2 is 2.16 bits per heavy atom. The van der Waals surface area contributed by atoms with Crippen LogP contribution < -0.4 is 5.32 Å². The summed E-state index contributed by atoms with van der Waals surface area (Å²) in [5.41, 5.74) is -0.940. The minimum atomic E-state index is -1.19. The first kappa shape index (κ1) is 14.7. The summed E-state index contributed by atoms with van der Waals surface area (Å²) < 4.78 is 13.1. The van der Waals surface area contributed by atoms with Gasteiger partial charge in [0.05, 0.1) is 17.4 Å². The van der Waals surface area contributed by atoms with E-state index in [9.17, 15) is 24.1 Å². The van der Waals surface area contributed by atoms with Gasteiger partial charge in [0, 0.05) is 11.6 Å². The number of nitro benzene ring substituents is 1. The van der Waals surface area contributed by atoms with Gasteiger partial charge in [-0.15, -0.1) is 0 Å². The number of carboxylic acids is 1. The standard InChI is InChI=1S/C11H11FN2O5/c1-13-8(5-10(15)16)11(17)6-2-3-7(12)9(4-6)14(18)19/h2-4,8,13H,5H2,1H3,(H,15,16). The Labute approximate surface area is 107 Å². The molecule has 1 rings (SSSR count). The number of aliphatic carboxylic acids is 1. The van der Waals surface area contributed by atoms with Crippen LogP contribution in [-0.2, 0) is 4.79 Å². The van der Waals surface area contributed by atoms with E-state index in [-0.39, 0.29) is 5.56 Å². The number of Topliss-reactive ketones (excluding diaryl/α,β-unsaturated/α-hetero) is 1. The van der Waals surface area contributed by atoms with Crippen molar-refractivity contribution in [2.75, 3.05) is 7.05 Å². The number of benzene rings is 1. The second kappa shape index (κ2) is 6.01. The molecule has 0 saturated heterocycles. The Morgan fingerprint density at radius 1 is 1.53 bits per heavy atom. The number of nitrogens with zero attached hydrogens (tertiary/aromatic N) is 1. The summed E-state index contributed by atoms with van der Waals surface area (Å²) in [7, 11) is 1.39. The lowest BCUT2D eigenvalue weighted by molar-refractivity contribution is -0.387. The Bertz CT molecular complexity index is 532. The van der Waals surface area contributed by atoms with Crippen molar-refractivity contribution < 1.29 is 24.0 Å². The highest BCUT2D eigenvalue weighted by atomic mass is 19.1. The fourth-order valence-corrected chi connectivity index (χ4v) is 1.51. The third kappa shape index (κ3) is 3.55. The number of hydrogen-bond donors (Lipinski definition) is 2. The summed E-state index contributed by atoms with van der Waals surface area (Å²) in [5, 5.41) is 21.7. The van der Waals surface area contributed by atoms with Gasteiger partial charge < -0.3 is 10.4 Å². The Hall–Kier alpha value is -2.35. The van der Waals surface area contributed by atoms with Gasteiger partial charge in [0.1, 0.15) is 0 Å². The monoisotopic (exact) mass is 270 g/mol. The van der Waals surface area contributed by atoms with Gasteiger partial charge in [0.25, 0.3) is 0 Å². The van der Waals surface area contributed by atoms with Gasteiger partial charge in [-0.1, -0.05) is 0 Å². The molecule has 0 radical (unpaired) electrons. The summed E-state index contributed by atoms with van der Waals surface area (Å²) in [6.07, 6.45) is -0.472. The smallest absolute Gasteiger partial charge is 0.305 e. The maximum atomic E-state index is 13.1. The molecule has 0 fully saturated rings. The number of nitrogens with one attached hydrogen (secondary N) is 1. The van der Waals surface area contributed by atoms with Crippen LogP contribution >= 0.6 is 0 Å². The topological polar surface area (TPSA) is 110 Å². The molecule has 2 N–H and O–H groups in total. The summed E-state index contributed by atoms with van der Waals surface area (Å²) in [6.45, 7) is 0. The van der Waals surface area contributed by atoms with E-state index in [1.165, 1.54) is 7.05 Å². The van der Waals surface area contributed by atoms with E-state index in [0.29, 0.717) is 0 Å². The minimum Gasteiger partial charge on any atom is -0.481 e. The molecule has 1 atom stereocenters. The molecule has 1 aromatic carbocycles. The first-order valence-electron chi connectivity index (χ1n) is 5.24. The van der Waals surface area contributed by atoms with Crippen molar-refractivity contribution in [2.24, 2.45) is 0 Å². The highest BCUT2D eigenvalue weighted by Crippen LogP contribution is 2.19. The number of nitro groups is 1. The van der Waals surface area contributed by atoms with E-state index in [4.69, 9.17) is 5.11 Å². The predicted molar refractivity (Wildman–Crippen MR) is 62.5 cm³/mol. The van der Waals surface area contributed by atoms with Gasteiger partial charge in [-0.05, 0) is 19.2 Å². The molecule has 19 heavy (non-hydrogen) atoms. The summed E-state index contributed by atoms with van der Waals surface area (Å²) in [4.78, 5) is 32.1. The minimum absolute atomic E-state index is 0.117. The van der Waals surface area contributed by atoms with Crippen LogP contribution in [0.2, 0.25) is 0 Å². The van der Waals surface area contributed by atoms with E-state index in [1.54, 1.807) is 0 Å². The van der Waals surface area contributed by atoms with Gasteiger partial charge >= 0.3 is 11.7 Å². The van der Waals surface area contributed by atoms with Crippen LogP contribution in [0.5, 0.6) is 0 Å². The molecule has 0 bridgehead atoms. The molecular weight excluding hydrogens is 259 g/mol. The van der Waals surface area contributed by atoms with Crippen molar-refractivity contribution in [3.8, 4) is 0 Å². The molecule has 0 aromatic heterocycles. The van der Waals surface area contributed by atoms with Crippen molar-refractivity contribution in [1.29, 1.82) is 0 Å². The van der Waals surface area contributed by atoms with Crippen LogP contribution in [-0.4, -0.2) is 34.9 Å². The lowest BCUT2D eigenvalue weighted by atomic mass is 10.0. The molecule has 0 aliphatic rings. The van der Waals surface area contributed by atoms with Crippen LogP contribution in [0.4, 0.5) is 10.1 Å². The number of ketones is 1. The predicted octanol–water partition coefficient (Wildman–Crippen LogP) is 0.979. The van der Waals surface area contributed by atoms with Crippen molar-refractivity contribution in [3.05, 3.63) is 39.7 Å². The molecule has 0 saturated carbocycles. The number of carbonyl (C=O) groups is 2. The van der Waals surface area contributed by atoms with Crippen LogP contribution in [0.15, 0.2) is 18.2 Å². The molecule has 0 amide bonds. The first-order valence-corrected chi connectivity index (χ1v) is 5.24. The number of carboxylic acid groups (broad SMARTS) is 1. The SMILES string of the molecule is CNC(CC(=O)O)C(=O)c1ccc(F)c([N+](=O)[O-])c1. The fraction of sp³-hybridized carbons (Fsp3) is 0.273. The van der Waals surface area contributed by atoms with E-state index in [2.05, 4.69) is 5.32 Å². The Kier molecular flexibility index (Phi) is 4.65. The first-order chi connectivity index (χ1) is 8.86. The second-order valence-corrected chi connectivity index (χ2v) is 3.73. The number of likely N-dealkylation sites (N-methyl/N-ethyl adjacent to an activating group) is 1. The number of rotatable bonds is 6. The van der Waals surface area contributed by atoms with Gasteiger partial charge in [-0.3, -0.25) is 19.7 Å². The van der Waals surface area contributed by atoms with E-state index < -0.39 is 40.6 Å². The average Bonchev–Trinajstić information content (AvgIpc) is 2.35. The highest BCUT2D eigenvalue weighted by Gasteiger charge is 2.24. The van der Waals surface area contributed by atoms with Crippen LogP contribution in [0, 0.1) is 15.9 Å². The summed E-state index contributed by atoms with van der Waals surface area (Å²) in [6, 6.07) is 1.65. The largest absolute Gasteiger partial charge is 0.481 e. The van der Waals surface area contributed by atoms with Crippen molar-refractivity contribution in [2.45, 2.75) is 12.5 Å². The molecule has 1 unspecified atom stereocenters. The maximum Gasteiger partial charge on any atom is 0.305 e. The normalized spacial score (nSPS) is 11.9. The molecule has 0 heterocycles. The number of hydrogen-bond acceptors (Lipinski definition) is 5. The molecule has 0 aliphatic carbocycles. The quantitative estimate of drug-likeness (QED) is 0.453. The van der Waals surface area contributed by atoms with Gasteiger partial charge in [-0.25, -0.2) is 0 Å². The number of carbonyl (C=O) groups excluding carboxylic acids is 1. The van der Waals surface area contributed by atoms with Crippen molar-refractivity contribution in [1.82, 2.24) is 5.32 Å². The average molecular weight is 270 g/mol. The van der Waals surface area contributed by atoms with Gasteiger partial charge in [0.15, 0.2) is 5.78 Å². The lowest BCUT2D eigenvalue weighted by Crippen LogP contribution is -2.36. The third-order valence-corrected chi connectivity index (χ3v) is 2.47. The molecule has 0 spiro atoms. The summed E-state index contributed by atoms with van der Waals surface area (Å²) >= 11 is 0. The van der Waals surface area contributed by atoms with E-state index >= 15 is 0 Å². The lowest BCUT2D eigenvalue weighted by Gasteiger charge is -2.12. The van der Waals surface area contributed by atoms with Gasteiger partial charge in [0.2, 0.25) is 5.82 Å². The van der Waals surface area contributed by atoms with Gasteiger partial charge in [-0.2, -0.15) is 4.39 Å².